The highest BCUT2D eigenvalue weighted by atomic mass is 32.2. The second kappa shape index (κ2) is 7.86. The third-order valence-electron chi connectivity index (χ3n) is 5.19. The SMILES string of the molecule is CS(=O)(=O)c1ncc(CN2CCNC(=O)CC2)n1CC1CCCCC1. The summed E-state index contributed by atoms with van der Waals surface area (Å²) in [7, 11) is -3.35. The standard InChI is InChI=1S/C17H28N4O3S/c1-25(23,24)17-19-11-15(13-20-9-7-16(22)18-8-10-20)21(17)12-14-5-3-2-4-6-14/h11,14H,2-10,12-13H2,1H3,(H,18,22). The normalized spacial score (nSPS) is 21.1. The molecule has 0 atom stereocenters. The van der Waals surface area contributed by atoms with E-state index in [0.717, 1.165) is 31.6 Å². The Hall–Kier alpha value is -1.41. The molecule has 1 aliphatic carbocycles. The van der Waals surface area contributed by atoms with Crippen LogP contribution in [0, 0.1) is 5.92 Å². The molecule has 0 spiro atoms. The zero-order valence-corrected chi connectivity index (χ0v) is 15.7. The Morgan fingerprint density at radius 1 is 1.24 bits per heavy atom. The lowest BCUT2D eigenvalue weighted by Gasteiger charge is -2.25. The number of amides is 1. The minimum Gasteiger partial charge on any atom is -0.355 e. The van der Waals surface area contributed by atoms with Crippen molar-refractivity contribution >= 4 is 15.7 Å². The van der Waals surface area contributed by atoms with Gasteiger partial charge in [-0.25, -0.2) is 13.4 Å². The third-order valence-corrected chi connectivity index (χ3v) is 6.18. The van der Waals surface area contributed by atoms with E-state index in [0.29, 0.717) is 32.0 Å². The van der Waals surface area contributed by atoms with Gasteiger partial charge in [0.1, 0.15) is 0 Å². The smallest absolute Gasteiger partial charge is 0.227 e. The van der Waals surface area contributed by atoms with E-state index in [9.17, 15) is 13.2 Å². The van der Waals surface area contributed by atoms with E-state index in [1.54, 1.807) is 6.20 Å². The number of aromatic nitrogens is 2. The van der Waals surface area contributed by atoms with Gasteiger partial charge in [-0.3, -0.25) is 9.69 Å². The molecule has 1 amide bonds. The summed E-state index contributed by atoms with van der Waals surface area (Å²) in [6.07, 6.45) is 9.44. The maximum atomic E-state index is 12.1. The minimum absolute atomic E-state index is 0.0787. The second-order valence-electron chi connectivity index (χ2n) is 7.30. The van der Waals surface area contributed by atoms with Gasteiger partial charge >= 0.3 is 0 Å². The van der Waals surface area contributed by atoms with Gasteiger partial charge in [-0.2, -0.15) is 0 Å². The first-order chi connectivity index (χ1) is 11.9. The fourth-order valence-corrected chi connectivity index (χ4v) is 4.67. The molecule has 1 saturated heterocycles. The van der Waals surface area contributed by atoms with Crippen LogP contribution in [0.4, 0.5) is 0 Å². The monoisotopic (exact) mass is 368 g/mol. The summed E-state index contributed by atoms with van der Waals surface area (Å²) in [5.41, 5.74) is 0.931. The second-order valence-corrected chi connectivity index (χ2v) is 9.20. The van der Waals surface area contributed by atoms with E-state index in [-0.39, 0.29) is 11.1 Å². The average Bonchev–Trinajstić information content (AvgIpc) is 2.84. The van der Waals surface area contributed by atoms with Crippen LogP contribution in [0.2, 0.25) is 0 Å². The number of carbonyl (C=O) groups is 1. The van der Waals surface area contributed by atoms with Crippen molar-refractivity contribution in [1.82, 2.24) is 19.8 Å². The Balaban J connectivity index is 1.80. The molecule has 8 heteroatoms. The van der Waals surface area contributed by atoms with Crippen LogP contribution in [0.25, 0.3) is 0 Å². The fourth-order valence-electron chi connectivity index (χ4n) is 3.84. The first-order valence-corrected chi connectivity index (χ1v) is 11.1. The highest BCUT2D eigenvalue weighted by molar-refractivity contribution is 7.90. The zero-order chi connectivity index (χ0) is 17.9. The summed E-state index contributed by atoms with van der Waals surface area (Å²) < 4.78 is 26.2. The van der Waals surface area contributed by atoms with Crippen LogP contribution in [-0.2, 0) is 27.7 Å². The van der Waals surface area contributed by atoms with Crippen molar-refractivity contribution in [3.8, 4) is 0 Å². The van der Waals surface area contributed by atoms with Crippen LogP contribution in [0.5, 0.6) is 0 Å². The van der Waals surface area contributed by atoms with Crippen LogP contribution < -0.4 is 5.32 Å². The molecule has 0 unspecified atom stereocenters. The Kier molecular flexibility index (Phi) is 5.78. The summed E-state index contributed by atoms with van der Waals surface area (Å²) in [4.78, 5) is 17.9. The molecule has 7 nitrogen and oxygen atoms in total. The van der Waals surface area contributed by atoms with Crippen molar-refractivity contribution in [3.63, 3.8) is 0 Å². The predicted molar refractivity (Wildman–Crippen MR) is 94.8 cm³/mol. The van der Waals surface area contributed by atoms with Crippen LogP contribution >= 0.6 is 0 Å². The van der Waals surface area contributed by atoms with E-state index in [2.05, 4.69) is 15.2 Å². The number of rotatable bonds is 5. The predicted octanol–water partition coefficient (Wildman–Crippen LogP) is 1.19. The van der Waals surface area contributed by atoms with Gasteiger partial charge in [0.05, 0.1) is 11.9 Å². The number of nitrogens with zero attached hydrogens (tertiary/aromatic N) is 3. The molecule has 2 heterocycles. The molecule has 1 aromatic heterocycles. The van der Waals surface area contributed by atoms with Gasteiger partial charge < -0.3 is 9.88 Å². The van der Waals surface area contributed by atoms with Crippen molar-refractivity contribution < 1.29 is 13.2 Å². The first-order valence-electron chi connectivity index (χ1n) is 9.17. The molecule has 0 radical (unpaired) electrons. The van der Waals surface area contributed by atoms with Gasteiger partial charge in [-0.1, -0.05) is 19.3 Å². The number of hydrogen-bond donors (Lipinski definition) is 1. The maximum absolute atomic E-state index is 12.1. The lowest BCUT2D eigenvalue weighted by Crippen LogP contribution is -2.29. The van der Waals surface area contributed by atoms with Gasteiger partial charge in [0.15, 0.2) is 0 Å². The highest BCUT2D eigenvalue weighted by Crippen LogP contribution is 2.27. The fraction of sp³-hybridized carbons (Fsp3) is 0.765. The van der Waals surface area contributed by atoms with Crippen molar-refractivity contribution in [2.24, 2.45) is 5.92 Å². The Morgan fingerprint density at radius 2 is 2.00 bits per heavy atom. The zero-order valence-electron chi connectivity index (χ0n) is 14.9. The van der Waals surface area contributed by atoms with E-state index < -0.39 is 9.84 Å². The molecule has 2 aliphatic rings. The van der Waals surface area contributed by atoms with Crippen LogP contribution in [0.1, 0.15) is 44.2 Å². The number of imidazole rings is 1. The van der Waals surface area contributed by atoms with Crippen molar-refractivity contribution in [2.45, 2.75) is 56.8 Å². The third kappa shape index (κ3) is 4.82. The number of carbonyl (C=O) groups excluding carboxylic acids is 1. The van der Waals surface area contributed by atoms with E-state index in [1.807, 2.05) is 4.57 Å². The molecular weight excluding hydrogens is 340 g/mol. The van der Waals surface area contributed by atoms with Gasteiger partial charge in [-0.05, 0) is 18.8 Å². The van der Waals surface area contributed by atoms with Gasteiger partial charge in [-0.15, -0.1) is 0 Å². The maximum Gasteiger partial charge on any atom is 0.227 e. The number of hydrogen-bond acceptors (Lipinski definition) is 5. The molecule has 0 bridgehead atoms. The van der Waals surface area contributed by atoms with Gasteiger partial charge in [0.25, 0.3) is 0 Å². The summed E-state index contributed by atoms with van der Waals surface area (Å²) in [5, 5.41) is 3.05. The lowest BCUT2D eigenvalue weighted by molar-refractivity contribution is -0.120. The molecule has 1 N–H and O–H groups in total. The van der Waals surface area contributed by atoms with Crippen molar-refractivity contribution in [3.05, 3.63) is 11.9 Å². The van der Waals surface area contributed by atoms with Crippen molar-refractivity contribution in [1.29, 1.82) is 0 Å². The molecular formula is C17H28N4O3S. The number of nitrogens with one attached hydrogen (secondary N) is 1. The lowest BCUT2D eigenvalue weighted by atomic mass is 9.89. The Bertz CT molecular complexity index is 707. The summed E-state index contributed by atoms with van der Waals surface area (Å²) in [6.45, 7) is 3.45. The largest absolute Gasteiger partial charge is 0.355 e. The van der Waals surface area contributed by atoms with Crippen LogP contribution in [-0.4, -0.2) is 54.7 Å². The molecule has 0 aromatic carbocycles. The topological polar surface area (TPSA) is 84.3 Å². The molecule has 2 fully saturated rings. The molecule has 140 valence electrons. The molecule has 1 aliphatic heterocycles. The summed E-state index contributed by atoms with van der Waals surface area (Å²) >= 11 is 0. The Morgan fingerprint density at radius 3 is 2.72 bits per heavy atom. The van der Waals surface area contributed by atoms with E-state index >= 15 is 0 Å². The van der Waals surface area contributed by atoms with Gasteiger partial charge in [0.2, 0.25) is 20.9 Å². The molecule has 25 heavy (non-hydrogen) atoms. The summed E-state index contributed by atoms with van der Waals surface area (Å²) in [6, 6.07) is 0. The van der Waals surface area contributed by atoms with E-state index in [1.165, 1.54) is 25.5 Å². The Labute approximate surface area is 149 Å². The van der Waals surface area contributed by atoms with Crippen molar-refractivity contribution in [2.75, 3.05) is 25.9 Å². The molecule has 1 aromatic rings. The summed E-state index contributed by atoms with van der Waals surface area (Å²) in [5.74, 6) is 0.601. The van der Waals surface area contributed by atoms with Crippen LogP contribution in [0.3, 0.4) is 0 Å². The minimum atomic E-state index is -3.35. The average molecular weight is 369 g/mol. The molecule has 3 rings (SSSR count). The molecule has 1 saturated carbocycles. The number of sulfone groups is 1. The quantitative estimate of drug-likeness (QED) is 0.844. The highest BCUT2D eigenvalue weighted by Gasteiger charge is 2.24. The van der Waals surface area contributed by atoms with E-state index in [4.69, 9.17) is 0 Å². The van der Waals surface area contributed by atoms with Gasteiger partial charge in [0, 0.05) is 45.4 Å². The first kappa shape index (κ1) is 18.4. The van der Waals surface area contributed by atoms with Crippen LogP contribution in [0.15, 0.2) is 11.4 Å².